The van der Waals surface area contributed by atoms with Gasteiger partial charge in [-0.25, -0.2) is 4.98 Å². The van der Waals surface area contributed by atoms with Gasteiger partial charge in [0.05, 0.1) is 59.2 Å². The minimum atomic E-state index is 0.835. The number of pyridine rings is 2. The second-order valence-corrected chi connectivity index (χ2v) is 7.28. The van der Waals surface area contributed by atoms with E-state index in [1.165, 1.54) is 0 Å². The molecule has 0 aliphatic carbocycles. The molecule has 6 aromatic heterocycles. The van der Waals surface area contributed by atoms with Crippen molar-refractivity contribution in [3.63, 3.8) is 0 Å². The van der Waals surface area contributed by atoms with Crippen LogP contribution in [0.2, 0.25) is 0 Å². The number of aromatic nitrogens is 7. The standard InChI is InChI=1S/C22H17N7O/c1-12-24-10-21(29(12)2)17-6-15-20(9-25-17)27-28-22(15)18-5-14-16(13-3-4-30-11-13)7-23-8-19(14)26-18/h3-11,26H,1-2H3,(H,27,28). The molecule has 0 fully saturated rings. The lowest BCUT2D eigenvalue weighted by Gasteiger charge is -2.03. The molecule has 0 saturated carbocycles. The van der Waals surface area contributed by atoms with E-state index in [0.717, 1.165) is 61.5 Å². The number of nitrogens with zero attached hydrogens (tertiary/aromatic N) is 5. The Morgan fingerprint density at radius 2 is 1.93 bits per heavy atom. The largest absolute Gasteiger partial charge is 0.472 e. The highest BCUT2D eigenvalue weighted by Gasteiger charge is 2.16. The Kier molecular flexibility index (Phi) is 3.43. The molecule has 0 aromatic carbocycles. The Morgan fingerprint density at radius 1 is 1.00 bits per heavy atom. The predicted octanol–water partition coefficient (Wildman–Crippen LogP) is 4.47. The van der Waals surface area contributed by atoms with Gasteiger partial charge in [-0.2, -0.15) is 5.10 Å². The molecule has 146 valence electrons. The van der Waals surface area contributed by atoms with E-state index >= 15 is 0 Å². The average Bonchev–Trinajstić information content (AvgIpc) is 3.54. The summed E-state index contributed by atoms with van der Waals surface area (Å²) in [6, 6.07) is 6.08. The first-order chi connectivity index (χ1) is 14.7. The zero-order chi connectivity index (χ0) is 20.2. The zero-order valence-corrected chi connectivity index (χ0v) is 16.3. The lowest BCUT2D eigenvalue weighted by Crippen LogP contribution is -1.95. The summed E-state index contributed by atoms with van der Waals surface area (Å²) < 4.78 is 7.28. The summed E-state index contributed by atoms with van der Waals surface area (Å²) in [6.07, 6.45) is 10.7. The summed E-state index contributed by atoms with van der Waals surface area (Å²) in [4.78, 5) is 16.8. The van der Waals surface area contributed by atoms with E-state index in [2.05, 4.69) is 36.2 Å². The van der Waals surface area contributed by atoms with Gasteiger partial charge in [0.15, 0.2) is 0 Å². The normalized spacial score (nSPS) is 11.7. The van der Waals surface area contributed by atoms with E-state index < -0.39 is 0 Å². The molecule has 0 atom stereocenters. The zero-order valence-electron chi connectivity index (χ0n) is 16.3. The molecule has 0 unspecified atom stereocenters. The van der Waals surface area contributed by atoms with Crippen LogP contribution in [0.5, 0.6) is 0 Å². The Hall–Kier alpha value is -4.20. The van der Waals surface area contributed by atoms with Gasteiger partial charge >= 0.3 is 0 Å². The molecular formula is C22H17N7O. The highest BCUT2D eigenvalue weighted by atomic mass is 16.3. The molecule has 2 N–H and O–H groups in total. The molecule has 6 heterocycles. The second-order valence-electron chi connectivity index (χ2n) is 7.28. The molecule has 0 bridgehead atoms. The fraction of sp³-hybridized carbons (Fsp3) is 0.0909. The van der Waals surface area contributed by atoms with Crippen molar-refractivity contribution in [2.45, 2.75) is 6.92 Å². The molecular weight excluding hydrogens is 378 g/mol. The number of nitrogens with one attached hydrogen (secondary N) is 2. The Morgan fingerprint density at radius 3 is 2.73 bits per heavy atom. The van der Waals surface area contributed by atoms with Crippen LogP contribution in [-0.4, -0.2) is 34.7 Å². The van der Waals surface area contributed by atoms with E-state index in [1.807, 2.05) is 55.5 Å². The van der Waals surface area contributed by atoms with Crippen LogP contribution < -0.4 is 0 Å². The number of imidazole rings is 1. The molecule has 0 saturated heterocycles. The Labute approximate surface area is 170 Å². The van der Waals surface area contributed by atoms with Crippen LogP contribution in [0, 0.1) is 6.92 Å². The van der Waals surface area contributed by atoms with Gasteiger partial charge in [0.25, 0.3) is 0 Å². The van der Waals surface area contributed by atoms with Crippen molar-refractivity contribution in [3.8, 4) is 33.9 Å². The monoisotopic (exact) mass is 395 g/mol. The molecule has 0 aliphatic heterocycles. The second kappa shape index (κ2) is 6.15. The average molecular weight is 395 g/mol. The van der Waals surface area contributed by atoms with Gasteiger partial charge in [0.1, 0.15) is 11.5 Å². The summed E-state index contributed by atoms with van der Waals surface area (Å²) in [5, 5.41) is 9.70. The molecule has 0 aliphatic rings. The smallest absolute Gasteiger partial charge is 0.116 e. The number of H-pyrrole nitrogens is 2. The molecule has 0 amide bonds. The number of rotatable bonds is 3. The first-order valence-corrected chi connectivity index (χ1v) is 9.51. The van der Waals surface area contributed by atoms with Crippen molar-refractivity contribution in [3.05, 3.63) is 61.3 Å². The number of hydrogen-bond donors (Lipinski definition) is 2. The molecule has 8 heteroatoms. The number of hydrogen-bond acceptors (Lipinski definition) is 5. The van der Waals surface area contributed by atoms with Crippen LogP contribution in [0.1, 0.15) is 5.82 Å². The maximum absolute atomic E-state index is 5.25. The third-order valence-electron chi connectivity index (χ3n) is 5.56. The fourth-order valence-electron chi connectivity index (χ4n) is 3.83. The van der Waals surface area contributed by atoms with Gasteiger partial charge in [-0.05, 0) is 25.1 Å². The van der Waals surface area contributed by atoms with Gasteiger partial charge < -0.3 is 14.0 Å². The quantitative estimate of drug-likeness (QED) is 0.460. The summed E-state index contributed by atoms with van der Waals surface area (Å²) in [6.45, 7) is 1.97. The third-order valence-corrected chi connectivity index (χ3v) is 5.56. The van der Waals surface area contributed by atoms with Crippen molar-refractivity contribution in [1.82, 2.24) is 34.7 Å². The molecule has 6 aromatic rings. The molecule has 0 radical (unpaired) electrons. The fourth-order valence-corrected chi connectivity index (χ4v) is 3.83. The van der Waals surface area contributed by atoms with E-state index in [0.29, 0.717) is 0 Å². The van der Waals surface area contributed by atoms with Gasteiger partial charge in [-0.1, -0.05) is 0 Å². The van der Waals surface area contributed by atoms with Gasteiger partial charge in [-0.15, -0.1) is 0 Å². The third kappa shape index (κ3) is 2.40. The number of furan rings is 1. The lowest BCUT2D eigenvalue weighted by molar-refractivity contribution is 0.568. The Bertz CT molecular complexity index is 1520. The van der Waals surface area contributed by atoms with Crippen molar-refractivity contribution >= 4 is 21.8 Å². The predicted molar refractivity (Wildman–Crippen MR) is 114 cm³/mol. The number of aromatic amines is 2. The SMILES string of the molecule is Cc1ncc(-c2cc3c(-c4cc5c(-c6ccoc6)cncc5[nH]4)n[nH]c3cn2)n1C. The van der Waals surface area contributed by atoms with Crippen LogP contribution >= 0.6 is 0 Å². The van der Waals surface area contributed by atoms with Crippen molar-refractivity contribution < 1.29 is 4.42 Å². The van der Waals surface area contributed by atoms with Crippen LogP contribution in [-0.2, 0) is 7.05 Å². The minimum Gasteiger partial charge on any atom is -0.472 e. The van der Waals surface area contributed by atoms with E-state index in [-0.39, 0.29) is 0 Å². The molecule has 8 nitrogen and oxygen atoms in total. The first-order valence-electron chi connectivity index (χ1n) is 9.51. The van der Waals surface area contributed by atoms with Crippen LogP contribution in [0.3, 0.4) is 0 Å². The molecule has 30 heavy (non-hydrogen) atoms. The van der Waals surface area contributed by atoms with Gasteiger partial charge in [-0.3, -0.25) is 15.1 Å². The van der Waals surface area contributed by atoms with Crippen molar-refractivity contribution in [1.29, 1.82) is 0 Å². The minimum absolute atomic E-state index is 0.835. The summed E-state index contributed by atoms with van der Waals surface area (Å²) in [5.41, 5.74) is 7.37. The van der Waals surface area contributed by atoms with E-state index in [1.54, 1.807) is 12.5 Å². The van der Waals surface area contributed by atoms with Gasteiger partial charge in [0, 0.05) is 35.1 Å². The summed E-state index contributed by atoms with van der Waals surface area (Å²) >= 11 is 0. The lowest BCUT2D eigenvalue weighted by atomic mass is 10.1. The highest BCUT2D eigenvalue weighted by Crippen LogP contribution is 2.34. The van der Waals surface area contributed by atoms with Crippen molar-refractivity contribution in [2.75, 3.05) is 0 Å². The maximum atomic E-state index is 5.25. The van der Waals surface area contributed by atoms with Crippen LogP contribution in [0.15, 0.2) is 59.9 Å². The van der Waals surface area contributed by atoms with Crippen LogP contribution in [0.25, 0.3) is 55.7 Å². The summed E-state index contributed by atoms with van der Waals surface area (Å²) in [7, 11) is 1.99. The topological polar surface area (TPSA) is 101 Å². The number of fused-ring (bicyclic) bond motifs is 2. The van der Waals surface area contributed by atoms with Gasteiger partial charge in [0.2, 0.25) is 0 Å². The maximum Gasteiger partial charge on any atom is 0.116 e. The number of aryl methyl sites for hydroxylation is 1. The Balaban J connectivity index is 1.53. The first kappa shape index (κ1) is 16.7. The highest BCUT2D eigenvalue weighted by molar-refractivity contribution is 6.00. The van der Waals surface area contributed by atoms with Crippen LogP contribution in [0.4, 0.5) is 0 Å². The molecule has 0 spiro atoms. The van der Waals surface area contributed by atoms with E-state index in [9.17, 15) is 0 Å². The van der Waals surface area contributed by atoms with Crippen molar-refractivity contribution in [2.24, 2.45) is 7.05 Å². The summed E-state index contributed by atoms with van der Waals surface area (Å²) in [5.74, 6) is 0.939. The van der Waals surface area contributed by atoms with E-state index in [4.69, 9.17) is 4.42 Å². The molecule has 6 rings (SSSR count).